The molecule has 0 aromatic heterocycles. The minimum absolute atomic E-state index is 0.0850. The van der Waals surface area contributed by atoms with E-state index in [1.165, 1.54) is 0 Å². The van der Waals surface area contributed by atoms with E-state index in [4.69, 9.17) is 4.74 Å². The molecular weight excluding hydrogens is 320 g/mol. The summed E-state index contributed by atoms with van der Waals surface area (Å²) in [5.41, 5.74) is 2.33. The number of piperidine rings is 1. The van der Waals surface area contributed by atoms with E-state index in [-0.39, 0.29) is 18.0 Å². The molecule has 1 saturated heterocycles. The zero-order valence-electron chi connectivity index (χ0n) is 15.5. The lowest BCUT2D eigenvalue weighted by atomic mass is 10.1. The normalized spacial score (nSPS) is 15.3. The van der Waals surface area contributed by atoms with Gasteiger partial charge in [0, 0.05) is 31.6 Å². The van der Waals surface area contributed by atoms with Gasteiger partial charge in [0.15, 0.2) is 0 Å². The molecule has 0 unspecified atom stereocenters. The van der Waals surface area contributed by atoms with Crippen LogP contribution < -0.4 is 10.6 Å². The van der Waals surface area contributed by atoms with Gasteiger partial charge in [-0.25, -0.2) is 4.79 Å². The van der Waals surface area contributed by atoms with Crippen molar-refractivity contribution in [1.82, 2.24) is 9.80 Å². The predicted octanol–water partition coefficient (Wildman–Crippen LogP) is 2.14. The van der Waals surface area contributed by atoms with Crippen molar-refractivity contribution in [2.45, 2.75) is 25.9 Å². The number of nitrogens with zero attached hydrogens (tertiary/aromatic N) is 2. The number of rotatable bonds is 5. The Balaban J connectivity index is 1.97. The van der Waals surface area contributed by atoms with Gasteiger partial charge in [-0.2, -0.15) is 0 Å². The van der Waals surface area contributed by atoms with Crippen LogP contribution in [0.1, 0.15) is 18.4 Å². The highest BCUT2D eigenvalue weighted by Crippen LogP contribution is 2.21. The number of ether oxygens (including phenoxy) is 1. The van der Waals surface area contributed by atoms with Crippen molar-refractivity contribution in [3.63, 3.8) is 0 Å². The average Bonchev–Trinajstić information content (AvgIpc) is 2.57. The fourth-order valence-corrected chi connectivity index (χ4v) is 2.81. The Hall–Kier alpha value is -2.12. The standard InChI is InChI=1S/C18H28N4O3/c1-13-5-6-14(11-16(13)20-17(23)12-21(2)3)19-18(24)22-9-7-15(25-4)8-10-22/h5-6,11,15H,7-10,12H2,1-4H3,(H,19,24)(H,20,23). The highest BCUT2D eigenvalue weighted by atomic mass is 16.5. The Bertz CT molecular complexity index is 610. The molecule has 0 atom stereocenters. The zero-order chi connectivity index (χ0) is 18.4. The van der Waals surface area contributed by atoms with E-state index >= 15 is 0 Å². The van der Waals surface area contributed by atoms with Crippen molar-refractivity contribution in [3.05, 3.63) is 23.8 Å². The second kappa shape index (κ2) is 8.82. The number of hydrogen-bond donors (Lipinski definition) is 2. The Morgan fingerprint density at radius 3 is 2.52 bits per heavy atom. The van der Waals surface area contributed by atoms with Crippen LogP contribution in [0.25, 0.3) is 0 Å². The molecule has 7 nitrogen and oxygen atoms in total. The van der Waals surface area contributed by atoms with Crippen LogP contribution in [-0.4, -0.2) is 68.7 Å². The summed E-state index contributed by atoms with van der Waals surface area (Å²) in [7, 11) is 5.39. The summed E-state index contributed by atoms with van der Waals surface area (Å²) in [5.74, 6) is -0.0850. The number of nitrogens with one attached hydrogen (secondary N) is 2. The Morgan fingerprint density at radius 2 is 1.92 bits per heavy atom. The van der Waals surface area contributed by atoms with Crippen molar-refractivity contribution in [2.24, 2.45) is 0 Å². The summed E-state index contributed by atoms with van der Waals surface area (Å²) in [6, 6.07) is 5.40. The van der Waals surface area contributed by atoms with Crippen molar-refractivity contribution in [1.29, 1.82) is 0 Å². The molecule has 2 rings (SSSR count). The maximum Gasteiger partial charge on any atom is 0.321 e. The predicted molar refractivity (Wildman–Crippen MR) is 99.0 cm³/mol. The minimum atomic E-state index is -0.121. The van der Waals surface area contributed by atoms with Crippen LogP contribution in [0, 0.1) is 6.92 Å². The summed E-state index contributed by atoms with van der Waals surface area (Å²) < 4.78 is 5.33. The van der Waals surface area contributed by atoms with Crippen LogP contribution in [0.4, 0.5) is 16.2 Å². The first kappa shape index (κ1) is 19.2. The fourth-order valence-electron chi connectivity index (χ4n) is 2.81. The van der Waals surface area contributed by atoms with Crippen LogP contribution in [0.5, 0.6) is 0 Å². The fraction of sp³-hybridized carbons (Fsp3) is 0.556. The van der Waals surface area contributed by atoms with E-state index in [0.29, 0.717) is 31.0 Å². The number of urea groups is 1. The van der Waals surface area contributed by atoms with Crippen LogP contribution in [-0.2, 0) is 9.53 Å². The van der Waals surface area contributed by atoms with Gasteiger partial charge in [0.05, 0.1) is 12.6 Å². The van der Waals surface area contributed by atoms with Crippen LogP contribution in [0.3, 0.4) is 0 Å². The summed E-state index contributed by atoms with van der Waals surface area (Å²) in [6.07, 6.45) is 1.94. The molecular formula is C18H28N4O3. The van der Waals surface area contributed by atoms with Gasteiger partial charge in [-0.15, -0.1) is 0 Å². The van der Waals surface area contributed by atoms with E-state index in [1.807, 2.05) is 33.2 Å². The number of anilines is 2. The van der Waals surface area contributed by atoms with Crippen molar-refractivity contribution >= 4 is 23.3 Å². The van der Waals surface area contributed by atoms with Crippen molar-refractivity contribution < 1.29 is 14.3 Å². The third kappa shape index (κ3) is 5.72. The first-order valence-corrected chi connectivity index (χ1v) is 8.53. The second-order valence-electron chi connectivity index (χ2n) is 6.67. The maximum atomic E-state index is 12.4. The number of amides is 3. The van der Waals surface area contributed by atoms with Crippen molar-refractivity contribution in [3.8, 4) is 0 Å². The topological polar surface area (TPSA) is 73.9 Å². The van der Waals surface area contributed by atoms with Crippen LogP contribution in [0.15, 0.2) is 18.2 Å². The number of hydrogen-bond acceptors (Lipinski definition) is 4. The first-order valence-electron chi connectivity index (χ1n) is 8.53. The number of likely N-dealkylation sites (tertiary alicyclic amines) is 1. The Kier molecular flexibility index (Phi) is 6.78. The van der Waals surface area contributed by atoms with Gasteiger partial charge in [0.1, 0.15) is 0 Å². The molecule has 3 amide bonds. The van der Waals surface area contributed by atoms with Gasteiger partial charge in [0.2, 0.25) is 5.91 Å². The number of benzene rings is 1. The molecule has 1 aliphatic rings. The van der Waals surface area contributed by atoms with Crippen molar-refractivity contribution in [2.75, 3.05) is 51.5 Å². The highest BCUT2D eigenvalue weighted by molar-refractivity contribution is 5.95. The minimum Gasteiger partial charge on any atom is -0.381 e. The van der Waals surface area contributed by atoms with Gasteiger partial charge >= 0.3 is 6.03 Å². The molecule has 1 aromatic carbocycles. The molecule has 0 radical (unpaired) electrons. The van der Waals surface area contributed by atoms with E-state index in [0.717, 1.165) is 18.4 Å². The second-order valence-corrected chi connectivity index (χ2v) is 6.67. The quantitative estimate of drug-likeness (QED) is 0.855. The molecule has 7 heteroatoms. The summed E-state index contributed by atoms with van der Waals surface area (Å²) >= 11 is 0. The monoisotopic (exact) mass is 348 g/mol. The molecule has 1 aliphatic heterocycles. The maximum absolute atomic E-state index is 12.4. The van der Waals surface area contributed by atoms with Gasteiger partial charge in [0.25, 0.3) is 0 Å². The van der Waals surface area contributed by atoms with E-state index in [2.05, 4.69) is 10.6 Å². The average molecular weight is 348 g/mol. The number of methoxy groups -OCH3 is 1. The molecule has 25 heavy (non-hydrogen) atoms. The molecule has 1 fully saturated rings. The van der Waals surface area contributed by atoms with E-state index < -0.39 is 0 Å². The van der Waals surface area contributed by atoms with Gasteiger partial charge in [-0.1, -0.05) is 6.07 Å². The molecule has 0 bridgehead atoms. The molecule has 138 valence electrons. The lowest BCUT2D eigenvalue weighted by Crippen LogP contribution is -2.42. The van der Waals surface area contributed by atoms with Gasteiger partial charge in [-0.05, 0) is 51.6 Å². The third-order valence-corrected chi connectivity index (χ3v) is 4.29. The molecule has 1 heterocycles. The molecule has 0 saturated carbocycles. The SMILES string of the molecule is COC1CCN(C(=O)Nc2ccc(C)c(NC(=O)CN(C)C)c2)CC1. The summed E-state index contributed by atoms with van der Waals surface area (Å²) in [6.45, 7) is 3.60. The molecule has 2 N–H and O–H groups in total. The largest absolute Gasteiger partial charge is 0.381 e. The lowest BCUT2D eigenvalue weighted by Gasteiger charge is -2.31. The highest BCUT2D eigenvalue weighted by Gasteiger charge is 2.22. The number of likely N-dealkylation sites (N-methyl/N-ethyl adjacent to an activating group) is 1. The number of carbonyl (C=O) groups excluding carboxylic acids is 2. The van der Waals surface area contributed by atoms with Gasteiger partial charge in [-0.3, -0.25) is 4.79 Å². The molecule has 0 aliphatic carbocycles. The Morgan fingerprint density at radius 1 is 1.24 bits per heavy atom. The first-order chi connectivity index (χ1) is 11.9. The van der Waals surface area contributed by atoms with Crippen LogP contribution >= 0.6 is 0 Å². The van der Waals surface area contributed by atoms with E-state index in [1.54, 1.807) is 23.0 Å². The number of aryl methyl sites for hydroxylation is 1. The molecule has 1 aromatic rings. The Labute approximate surface area is 149 Å². The zero-order valence-corrected chi connectivity index (χ0v) is 15.5. The number of carbonyl (C=O) groups is 2. The summed E-state index contributed by atoms with van der Waals surface area (Å²) in [4.78, 5) is 28.0. The van der Waals surface area contributed by atoms with Gasteiger partial charge < -0.3 is 25.2 Å². The van der Waals surface area contributed by atoms with E-state index in [9.17, 15) is 9.59 Å². The van der Waals surface area contributed by atoms with Crippen LogP contribution in [0.2, 0.25) is 0 Å². The lowest BCUT2D eigenvalue weighted by molar-refractivity contribution is -0.116. The summed E-state index contributed by atoms with van der Waals surface area (Å²) in [5, 5.41) is 5.80. The smallest absolute Gasteiger partial charge is 0.321 e. The molecule has 0 spiro atoms. The third-order valence-electron chi connectivity index (χ3n) is 4.29.